The van der Waals surface area contributed by atoms with Crippen molar-refractivity contribution in [3.05, 3.63) is 95.1 Å². The minimum atomic E-state index is -3.90. The summed E-state index contributed by atoms with van der Waals surface area (Å²) in [7, 11) is -3.90. The zero-order chi connectivity index (χ0) is 22.7. The molecule has 166 valence electrons. The Kier molecular flexibility index (Phi) is 6.33. The van der Waals surface area contributed by atoms with Gasteiger partial charge in [-0.1, -0.05) is 54.1 Å². The zero-order valence-electron chi connectivity index (χ0n) is 18.4. The van der Waals surface area contributed by atoms with E-state index in [1.54, 1.807) is 48.5 Å². The zero-order valence-corrected chi connectivity index (χ0v) is 19.2. The number of aryl methyl sites for hydroxylation is 3. The van der Waals surface area contributed by atoms with Gasteiger partial charge in [-0.2, -0.15) is 0 Å². The molecule has 0 fully saturated rings. The van der Waals surface area contributed by atoms with E-state index in [2.05, 4.69) is 17.4 Å². The molecule has 1 atom stereocenters. The maximum absolute atomic E-state index is 13.4. The van der Waals surface area contributed by atoms with Gasteiger partial charge in [0.25, 0.3) is 10.0 Å². The lowest BCUT2D eigenvalue weighted by molar-refractivity contribution is -0.120. The van der Waals surface area contributed by atoms with Crippen molar-refractivity contribution in [2.24, 2.45) is 0 Å². The molecule has 0 saturated heterocycles. The molecule has 4 rings (SSSR count). The van der Waals surface area contributed by atoms with Gasteiger partial charge in [0.05, 0.1) is 16.6 Å². The lowest BCUT2D eigenvalue weighted by atomic mass is 10.0. The molecule has 3 aromatic carbocycles. The molecule has 0 radical (unpaired) electrons. The van der Waals surface area contributed by atoms with Crippen molar-refractivity contribution < 1.29 is 13.2 Å². The second-order valence-corrected chi connectivity index (χ2v) is 10.2. The fourth-order valence-electron chi connectivity index (χ4n) is 4.11. The number of hydrogen-bond acceptors (Lipinski definition) is 3. The number of sulfonamides is 1. The van der Waals surface area contributed by atoms with Crippen LogP contribution in [0.15, 0.2) is 77.7 Å². The molecule has 1 aliphatic carbocycles. The number of carbonyl (C=O) groups is 1. The SMILES string of the molecule is Cc1ccc(S(=O)(=O)N(CC(=O)N[C@H](C)c2ccc3c(c2)CCC3)c2ccccc2)cc1. The molecule has 1 amide bonds. The smallest absolute Gasteiger partial charge is 0.264 e. The van der Waals surface area contributed by atoms with Gasteiger partial charge in [0.15, 0.2) is 0 Å². The minimum Gasteiger partial charge on any atom is -0.348 e. The number of fused-ring (bicyclic) bond motifs is 1. The molecule has 0 saturated carbocycles. The number of nitrogens with one attached hydrogen (secondary N) is 1. The predicted molar refractivity (Wildman–Crippen MR) is 127 cm³/mol. The van der Waals surface area contributed by atoms with Crippen LogP contribution in [0.4, 0.5) is 5.69 Å². The van der Waals surface area contributed by atoms with Crippen molar-refractivity contribution in [3.8, 4) is 0 Å². The summed E-state index contributed by atoms with van der Waals surface area (Å²) < 4.78 is 28.0. The Bertz CT molecular complexity index is 1210. The van der Waals surface area contributed by atoms with Crippen molar-refractivity contribution in [3.63, 3.8) is 0 Å². The van der Waals surface area contributed by atoms with Gasteiger partial charge >= 0.3 is 0 Å². The van der Waals surface area contributed by atoms with E-state index in [4.69, 9.17) is 0 Å². The summed E-state index contributed by atoms with van der Waals surface area (Å²) in [4.78, 5) is 13.1. The van der Waals surface area contributed by atoms with Crippen molar-refractivity contribution in [2.45, 2.75) is 44.0 Å². The predicted octanol–water partition coefficient (Wildman–Crippen LogP) is 4.56. The van der Waals surface area contributed by atoms with Crippen molar-refractivity contribution in [1.29, 1.82) is 0 Å². The number of amides is 1. The lowest BCUT2D eigenvalue weighted by Crippen LogP contribution is -2.41. The normalized spacial score (nSPS) is 13.9. The van der Waals surface area contributed by atoms with Crippen LogP contribution in [0.25, 0.3) is 0 Å². The average Bonchev–Trinajstić information content (AvgIpc) is 3.26. The molecule has 0 heterocycles. The van der Waals surface area contributed by atoms with Gasteiger partial charge in [-0.3, -0.25) is 9.10 Å². The van der Waals surface area contributed by atoms with Gasteiger partial charge in [0.2, 0.25) is 5.91 Å². The van der Waals surface area contributed by atoms with Gasteiger partial charge in [0.1, 0.15) is 6.54 Å². The molecule has 0 bridgehead atoms. The third kappa shape index (κ3) is 4.70. The van der Waals surface area contributed by atoms with E-state index in [0.717, 1.165) is 24.0 Å². The van der Waals surface area contributed by atoms with Crippen molar-refractivity contribution in [2.75, 3.05) is 10.8 Å². The Morgan fingerprint density at radius 2 is 1.66 bits per heavy atom. The van der Waals surface area contributed by atoms with Crippen LogP contribution in [0.1, 0.15) is 41.6 Å². The summed E-state index contributed by atoms with van der Waals surface area (Å²) in [5, 5.41) is 2.98. The Balaban J connectivity index is 1.56. The van der Waals surface area contributed by atoms with E-state index in [-0.39, 0.29) is 23.4 Å². The molecular formula is C26H28N2O3S. The number of hydrogen-bond donors (Lipinski definition) is 1. The number of para-hydroxylation sites is 1. The van der Waals surface area contributed by atoms with Crippen LogP contribution in [0.2, 0.25) is 0 Å². The number of nitrogens with zero attached hydrogens (tertiary/aromatic N) is 1. The molecule has 0 spiro atoms. The van der Waals surface area contributed by atoms with E-state index in [1.165, 1.54) is 21.9 Å². The van der Waals surface area contributed by atoms with Gasteiger partial charge < -0.3 is 5.32 Å². The summed E-state index contributed by atoms with van der Waals surface area (Å²) in [6, 6.07) is 21.5. The minimum absolute atomic E-state index is 0.159. The highest BCUT2D eigenvalue weighted by atomic mass is 32.2. The van der Waals surface area contributed by atoms with Crippen LogP contribution in [-0.4, -0.2) is 20.9 Å². The Hall–Kier alpha value is -3.12. The first kappa shape index (κ1) is 22.1. The quantitative estimate of drug-likeness (QED) is 0.576. The molecule has 5 nitrogen and oxygen atoms in total. The fourth-order valence-corrected chi connectivity index (χ4v) is 5.53. The fraction of sp³-hybridized carbons (Fsp3) is 0.269. The highest BCUT2D eigenvalue weighted by molar-refractivity contribution is 7.92. The second kappa shape index (κ2) is 9.17. The lowest BCUT2D eigenvalue weighted by Gasteiger charge is -2.25. The highest BCUT2D eigenvalue weighted by Crippen LogP contribution is 2.26. The van der Waals surface area contributed by atoms with Gasteiger partial charge in [-0.25, -0.2) is 8.42 Å². The van der Waals surface area contributed by atoms with Crippen molar-refractivity contribution >= 4 is 21.6 Å². The summed E-state index contributed by atoms with van der Waals surface area (Å²) in [5.41, 5.74) is 5.18. The molecule has 0 aliphatic heterocycles. The Labute approximate surface area is 190 Å². The van der Waals surface area contributed by atoms with Gasteiger partial charge in [0, 0.05) is 0 Å². The van der Waals surface area contributed by atoms with E-state index in [1.807, 2.05) is 26.0 Å². The molecule has 32 heavy (non-hydrogen) atoms. The van der Waals surface area contributed by atoms with Crippen LogP contribution >= 0.6 is 0 Å². The van der Waals surface area contributed by atoms with Crippen LogP contribution in [-0.2, 0) is 27.7 Å². The molecule has 0 aromatic heterocycles. The standard InChI is InChI=1S/C26H28N2O3S/c1-19-11-15-25(16-12-19)32(30,31)28(24-9-4-3-5-10-24)18-26(29)27-20(2)22-14-13-21-7-6-8-23(21)17-22/h3-5,9-17,20H,6-8,18H2,1-2H3,(H,27,29)/t20-/m1/s1. The molecule has 0 unspecified atom stereocenters. The van der Waals surface area contributed by atoms with E-state index in [0.29, 0.717) is 5.69 Å². The molecule has 1 N–H and O–H groups in total. The van der Waals surface area contributed by atoms with Crippen molar-refractivity contribution in [1.82, 2.24) is 5.32 Å². The molecule has 3 aromatic rings. The highest BCUT2D eigenvalue weighted by Gasteiger charge is 2.27. The summed E-state index contributed by atoms with van der Waals surface area (Å²) in [5.74, 6) is -0.350. The maximum Gasteiger partial charge on any atom is 0.264 e. The van der Waals surface area contributed by atoms with Gasteiger partial charge in [-0.05, 0) is 74.1 Å². The second-order valence-electron chi connectivity index (χ2n) is 8.33. The first-order valence-corrected chi connectivity index (χ1v) is 12.3. The summed E-state index contributed by atoms with van der Waals surface area (Å²) in [6.45, 7) is 3.53. The number of benzene rings is 3. The number of rotatable bonds is 7. The van der Waals surface area contributed by atoms with E-state index < -0.39 is 10.0 Å². The van der Waals surface area contributed by atoms with Crippen LogP contribution in [0.5, 0.6) is 0 Å². The number of anilines is 1. The first-order chi connectivity index (χ1) is 15.3. The third-order valence-corrected chi connectivity index (χ3v) is 7.73. The van der Waals surface area contributed by atoms with Crippen LogP contribution in [0, 0.1) is 6.92 Å². The third-order valence-electron chi connectivity index (χ3n) is 5.94. The number of carbonyl (C=O) groups excluding carboxylic acids is 1. The largest absolute Gasteiger partial charge is 0.348 e. The molecular weight excluding hydrogens is 420 g/mol. The summed E-state index contributed by atoms with van der Waals surface area (Å²) in [6.07, 6.45) is 3.35. The topological polar surface area (TPSA) is 66.5 Å². The van der Waals surface area contributed by atoms with Crippen LogP contribution in [0.3, 0.4) is 0 Å². The van der Waals surface area contributed by atoms with E-state index >= 15 is 0 Å². The first-order valence-electron chi connectivity index (χ1n) is 10.9. The Morgan fingerprint density at radius 3 is 2.38 bits per heavy atom. The molecule has 6 heteroatoms. The molecule has 1 aliphatic rings. The Morgan fingerprint density at radius 1 is 0.969 bits per heavy atom. The maximum atomic E-state index is 13.4. The van der Waals surface area contributed by atoms with Gasteiger partial charge in [-0.15, -0.1) is 0 Å². The summed E-state index contributed by atoms with van der Waals surface area (Å²) >= 11 is 0. The average molecular weight is 449 g/mol. The van der Waals surface area contributed by atoms with E-state index in [9.17, 15) is 13.2 Å². The van der Waals surface area contributed by atoms with Crippen LogP contribution < -0.4 is 9.62 Å². The monoisotopic (exact) mass is 448 g/mol.